The molecule has 42 heavy (non-hydrogen) atoms. The first kappa shape index (κ1) is 28.7. The highest BCUT2D eigenvalue weighted by molar-refractivity contribution is 6.05. The quantitative estimate of drug-likeness (QED) is 0.245. The lowest BCUT2D eigenvalue weighted by molar-refractivity contribution is -0.131. The molecule has 3 aromatic rings. The number of para-hydroxylation sites is 2. The molecule has 0 bridgehead atoms. The van der Waals surface area contributed by atoms with Gasteiger partial charge in [0.25, 0.3) is 0 Å². The molecule has 2 N–H and O–H groups in total. The molecular formula is C33H35N3O6. The summed E-state index contributed by atoms with van der Waals surface area (Å²) >= 11 is 0. The van der Waals surface area contributed by atoms with Gasteiger partial charge in [-0.25, -0.2) is 4.79 Å². The third-order valence-corrected chi connectivity index (χ3v) is 7.96. The van der Waals surface area contributed by atoms with E-state index in [2.05, 4.69) is 10.2 Å². The molecule has 2 unspecified atom stereocenters. The first-order valence-electron chi connectivity index (χ1n) is 14.1. The van der Waals surface area contributed by atoms with E-state index in [1.807, 2.05) is 50.2 Å². The second-order valence-electron chi connectivity index (χ2n) is 10.4. The molecule has 0 spiro atoms. The summed E-state index contributed by atoms with van der Waals surface area (Å²) in [6.07, 6.45) is -0.533. The predicted octanol–water partition coefficient (Wildman–Crippen LogP) is 6.52. The van der Waals surface area contributed by atoms with Gasteiger partial charge in [0.2, 0.25) is 0 Å². The van der Waals surface area contributed by atoms with Crippen molar-refractivity contribution in [1.29, 1.82) is 0 Å². The highest BCUT2D eigenvalue weighted by Gasteiger charge is 2.43. The first-order chi connectivity index (χ1) is 20.2. The molecule has 1 heterocycles. The minimum absolute atomic E-state index is 0.114. The Morgan fingerprint density at radius 1 is 1.02 bits per heavy atom. The van der Waals surface area contributed by atoms with Crippen molar-refractivity contribution in [2.45, 2.75) is 45.6 Å². The van der Waals surface area contributed by atoms with Crippen LogP contribution in [-0.4, -0.2) is 43.2 Å². The van der Waals surface area contributed by atoms with E-state index in [1.165, 1.54) is 11.8 Å². The number of ketones is 1. The number of nitrogens with zero attached hydrogens (tertiary/aromatic N) is 2. The van der Waals surface area contributed by atoms with Crippen LogP contribution in [0.4, 0.5) is 21.9 Å². The number of carboxylic acid groups (broad SMARTS) is 1. The third-order valence-electron chi connectivity index (χ3n) is 7.96. The fourth-order valence-corrected chi connectivity index (χ4v) is 5.98. The van der Waals surface area contributed by atoms with E-state index in [1.54, 1.807) is 37.4 Å². The van der Waals surface area contributed by atoms with Crippen LogP contribution < -0.4 is 24.6 Å². The van der Waals surface area contributed by atoms with Crippen LogP contribution in [0.1, 0.15) is 56.7 Å². The van der Waals surface area contributed by atoms with Crippen molar-refractivity contribution in [2.75, 3.05) is 35.3 Å². The van der Waals surface area contributed by atoms with E-state index >= 15 is 0 Å². The van der Waals surface area contributed by atoms with Gasteiger partial charge in [0.1, 0.15) is 11.5 Å². The van der Waals surface area contributed by atoms with E-state index in [-0.39, 0.29) is 23.9 Å². The largest absolute Gasteiger partial charge is 0.497 e. The van der Waals surface area contributed by atoms with Crippen molar-refractivity contribution in [3.8, 4) is 11.5 Å². The number of benzene rings is 3. The molecule has 0 saturated carbocycles. The summed E-state index contributed by atoms with van der Waals surface area (Å²) < 4.78 is 11.0. The van der Waals surface area contributed by atoms with Crippen molar-refractivity contribution in [2.24, 2.45) is 0 Å². The van der Waals surface area contributed by atoms with Crippen LogP contribution in [0, 0.1) is 0 Å². The first-order valence-corrected chi connectivity index (χ1v) is 14.1. The zero-order chi connectivity index (χ0) is 30.0. The number of allylic oxidation sites excluding steroid dienone is 1. The molecule has 218 valence electrons. The number of nitrogens with one attached hydrogen (secondary N) is 1. The maximum absolute atomic E-state index is 14.1. The standard InChI is InChI=1S/C33H35N3O6/c1-5-35(6-2)23-13-16-25(30(19-23)42-20(3)37)32-31-27(34-26-9-7-8-10-28(26)36(32)33(39)40)17-22(18-29(31)38)21-11-14-24(41-4)15-12-21/h7-16,19,22,32,34H,5-6,17-18H2,1-4H3,(H,39,40). The molecule has 0 radical (unpaired) electrons. The van der Waals surface area contributed by atoms with Crippen LogP contribution in [0.3, 0.4) is 0 Å². The molecule has 1 aliphatic heterocycles. The third kappa shape index (κ3) is 5.42. The fraction of sp³-hybridized carbons (Fsp3) is 0.303. The molecule has 3 aromatic carbocycles. The lowest BCUT2D eigenvalue weighted by Crippen LogP contribution is -2.38. The maximum Gasteiger partial charge on any atom is 0.412 e. The van der Waals surface area contributed by atoms with Crippen molar-refractivity contribution in [1.82, 2.24) is 0 Å². The number of ether oxygens (including phenoxy) is 2. The van der Waals surface area contributed by atoms with Gasteiger partial charge < -0.3 is 24.8 Å². The van der Waals surface area contributed by atoms with Crippen LogP contribution in [-0.2, 0) is 9.59 Å². The molecule has 0 saturated heterocycles. The van der Waals surface area contributed by atoms with Crippen molar-refractivity contribution in [3.05, 3.63) is 89.1 Å². The second kappa shape index (κ2) is 12.0. The summed E-state index contributed by atoms with van der Waals surface area (Å²) in [5.74, 6) is 0.128. The van der Waals surface area contributed by atoms with Crippen LogP contribution in [0.5, 0.6) is 11.5 Å². The Labute approximate surface area is 245 Å². The Bertz CT molecular complexity index is 1540. The Hall–Kier alpha value is -4.79. The highest BCUT2D eigenvalue weighted by Crippen LogP contribution is 2.49. The summed E-state index contributed by atoms with van der Waals surface area (Å²) in [4.78, 5) is 42.7. The number of rotatable bonds is 7. The zero-order valence-corrected chi connectivity index (χ0v) is 24.2. The summed E-state index contributed by atoms with van der Waals surface area (Å²) in [6, 6.07) is 19.1. The van der Waals surface area contributed by atoms with Gasteiger partial charge in [-0.05, 0) is 62.1 Å². The van der Waals surface area contributed by atoms with Gasteiger partial charge in [-0.3, -0.25) is 14.5 Å². The minimum atomic E-state index is -1.23. The smallest absolute Gasteiger partial charge is 0.412 e. The molecule has 2 atom stereocenters. The Morgan fingerprint density at radius 2 is 1.74 bits per heavy atom. The molecule has 0 aromatic heterocycles. The summed E-state index contributed by atoms with van der Waals surface area (Å²) in [6.45, 7) is 6.83. The number of Topliss-reactive ketones (excluding diaryl/α,β-unsaturated/α-hetero) is 1. The Balaban J connectivity index is 1.71. The zero-order valence-electron chi connectivity index (χ0n) is 24.2. The van der Waals surface area contributed by atoms with Crippen molar-refractivity contribution >= 4 is 34.9 Å². The van der Waals surface area contributed by atoms with Crippen LogP contribution in [0.15, 0.2) is 78.0 Å². The number of esters is 1. The van der Waals surface area contributed by atoms with E-state index < -0.39 is 18.1 Å². The van der Waals surface area contributed by atoms with Crippen molar-refractivity contribution in [3.63, 3.8) is 0 Å². The fourth-order valence-electron chi connectivity index (χ4n) is 5.98. The highest BCUT2D eigenvalue weighted by atomic mass is 16.5. The number of methoxy groups -OCH3 is 1. The van der Waals surface area contributed by atoms with E-state index in [0.717, 1.165) is 30.1 Å². The Morgan fingerprint density at radius 3 is 2.38 bits per heavy atom. The lowest BCUT2D eigenvalue weighted by atomic mass is 9.78. The van der Waals surface area contributed by atoms with Crippen molar-refractivity contribution < 1.29 is 29.0 Å². The number of hydrogen-bond donors (Lipinski definition) is 2. The molecule has 9 nitrogen and oxygen atoms in total. The average Bonchev–Trinajstić information content (AvgIpc) is 3.12. The number of anilines is 3. The van der Waals surface area contributed by atoms with Crippen LogP contribution in [0.2, 0.25) is 0 Å². The number of hydrogen-bond acceptors (Lipinski definition) is 7. The van der Waals surface area contributed by atoms with Crippen LogP contribution in [0.25, 0.3) is 0 Å². The SMILES string of the molecule is CCN(CC)c1ccc(C2C3=C(CC(c4ccc(OC)cc4)CC3=O)Nc3ccccc3N2C(=O)O)c(OC(C)=O)c1. The van der Waals surface area contributed by atoms with Gasteiger partial charge in [0.05, 0.1) is 24.5 Å². The molecule has 1 amide bonds. The Kier molecular flexibility index (Phi) is 8.20. The molecule has 9 heteroatoms. The second-order valence-corrected chi connectivity index (χ2v) is 10.4. The molecule has 2 aliphatic rings. The van der Waals surface area contributed by atoms with Gasteiger partial charge in [0.15, 0.2) is 5.78 Å². The summed E-state index contributed by atoms with van der Waals surface area (Å²) in [5.41, 5.74) is 4.22. The average molecular weight is 570 g/mol. The van der Waals surface area contributed by atoms with E-state index in [9.17, 15) is 19.5 Å². The topological polar surface area (TPSA) is 108 Å². The number of carbonyl (C=O) groups excluding carboxylic acids is 2. The lowest BCUT2D eigenvalue weighted by Gasteiger charge is -2.34. The van der Waals surface area contributed by atoms with E-state index in [0.29, 0.717) is 34.6 Å². The van der Waals surface area contributed by atoms with Gasteiger partial charge in [-0.2, -0.15) is 0 Å². The molecular weight excluding hydrogens is 534 g/mol. The van der Waals surface area contributed by atoms with Gasteiger partial charge in [0, 0.05) is 55.0 Å². The normalized spacial score (nSPS) is 17.9. The van der Waals surface area contributed by atoms with Gasteiger partial charge in [-0.1, -0.05) is 30.3 Å². The monoisotopic (exact) mass is 569 g/mol. The molecule has 1 aliphatic carbocycles. The molecule has 5 rings (SSSR count). The van der Waals surface area contributed by atoms with E-state index in [4.69, 9.17) is 9.47 Å². The number of amides is 1. The summed E-state index contributed by atoms with van der Waals surface area (Å²) in [5, 5.41) is 14.0. The van der Waals surface area contributed by atoms with Gasteiger partial charge >= 0.3 is 12.1 Å². The number of carbonyl (C=O) groups is 3. The summed E-state index contributed by atoms with van der Waals surface area (Å²) in [7, 11) is 1.61. The molecule has 0 fully saturated rings. The van der Waals surface area contributed by atoms with Gasteiger partial charge in [-0.15, -0.1) is 0 Å². The number of fused-ring (bicyclic) bond motifs is 1. The van der Waals surface area contributed by atoms with Crippen LogP contribution >= 0.6 is 0 Å². The maximum atomic E-state index is 14.1. The predicted molar refractivity (Wildman–Crippen MR) is 162 cm³/mol. The minimum Gasteiger partial charge on any atom is -0.497 e.